The first-order valence-electron chi connectivity index (χ1n) is 17.2. The number of H-pyrrole nitrogens is 3. The van der Waals surface area contributed by atoms with Gasteiger partial charge in [0.1, 0.15) is 12.5 Å². The van der Waals surface area contributed by atoms with Crippen LogP contribution in [-0.2, 0) is 20.7 Å². The summed E-state index contributed by atoms with van der Waals surface area (Å²) in [7, 11) is 0. The van der Waals surface area contributed by atoms with Crippen LogP contribution in [-0.4, -0.2) is 50.7 Å². The van der Waals surface area contributed by atoms with E-state index in [9.17, 15) is 24.3 Å². The van der Waals surface area contributed by atoms with E-state index in [1.807, 2.05) is 58.9 Å². The topological polar surface area (TPSA) is 157 Å². The molecule has 0 aromatic carbocycles. The maximum Gasteiger partial charge on any atom is 0.319 e. The summed E-state index contributed by atoms with van der Waals surface area (Å²) in [6, 6.07) is 0. The zero-order valence-corrected chi connectivity index (χ0v) is 29.4. The van der Waals surface area contributed by atoms with Crippen molar-refractivity contribution in [2.75, 3.05) is 6.61 Å². The summed E-state index contributed by atoms with van der Waals surface area (Å²) >= 11 is 0. The lowest BCUT2D eigenvalue weighted by Crippen LogP contribution is -2.24. The Kier molecular flexibility index (Phi) is 9.31. The summed E-state index contributed by atoms with van der Waals surface area (Å²) in [5.74, 6) is -3.96. The Morgan fingerprint density at radius 3 is 2.38 bits per heavy atom. The number of aromatic amines is 3. The van der Waals surface area contributed by atoms with E-state index in [4.69, 9.17) is 4.74 Å². The molecule has 2 aliphatic heterocycles. The van der Waals surface area contributed by atoms with Crippen molar-refractivity contribution in [3.63, 3.8) is 0 Å². The number of carboxylic acid groups (broad SMARTS) is 1. The minimum Gasteiger partial charge on any atom is -0.480 e. The highest BCUT2D eigenvalue weighted by atomic mass is 16.5. The van der Waals surface area contributed by atoms with E-state index in [0.29, 0.717) is 62.9 Å². The van der Waals surface area contributed by atoms with Gasteiger partial charge in [0.25, 0.3) is 0 Å². The number of Topliss-reactive ketones (excluding diaryl/α,β-unsaturated/α-hetero) is 1. The van der Waals surface area contributed by atoms with Crippen molar-refractivity contribution in [3.05, 3.63) is 96.5 Å². The van der Waals surface area contributed by atoms with Gasteiger partial charge in [-0.1, -0.05) is 39.0 Å². The van der Waals surface area contributed by atoms with Crippen LogP contribution >= 0.6 is 0 Å². The van der Waals surface area contributed by atoms with Gasteiger partial charge in [-0.05, 0) is 81.0 Å². The summed E-state index contributed by atoms with van der Waals surface area (Å²) < 4.78 is 5.51. The highest BCUT2D eigenvalue weighted by Crippen LogP contribution is 2.48. The van der Waals surface area contributed by atoms with Crippen LogP contribution in [0.1, 0.15) is 113 Å². The second kappa shape index (κ2) is 13.5. The van der Waals surface area contributed by atoms with Crippen molar-refractivity contribution < 1.29 is 29.0 Å². The molecule has 3 aromatic heterocycles. The Labute approximate surface area is 290 Å². The third-order valence-electron chi connectivity index (χ3n) is 10.7. The molecule has 10 nitrogen and oxygen atoms in total. The largest absolute Gasteiger partial charge is 0.480 e. The van der Waals surface area contributed by atoms with Gasteiger partial charge in [-0.15, -0.1) is 0 Å². The zero-order chi connectivity index (χ0) is 36.0. The van der Waals surface area contributed by atoms with Crippen LogP contribution in [0.5, 0.6) is 0 Å². The standard InChI is InChI=1S/C40H44N4O6/c1-8-19(4)13-14-50-33(46)12-11-25-21(6)28-15-27-20(5)23(9-2)30(41-27)17-32-26(18-45)24(10-3)31(42-32)16-29-22(7)34-38(44-29)35(37(25)43-28)36(39(34)47)40(48)49/h9,13,15-18,21,25,36,41-44H,2,8,10-12,14H2,1,3-7H3,(H,48,49)/b19-13+,28-15-,31-16-,32-17-,37-35-/t21-,25-,36+/m0/s1. The molecule has 50 heavy (non-hydrogen) atoms. The SMILES string of the molecule is C=Cc1c2[nH]c(c1C)/C=C1\N/C(=C3\c4[nH]c(c(C)c4C(=O)[C@@H]3C(=O)O)/C=c3\[nH]/c(c(C=O)c3CC)=C\2)[C@@H](CCC(=O)OC/C=C(\C)CC)[C@@H]1C. The summed E-state index contributed by atoms with van der Waals surface area (Å²) in [6.07, 6.45) is 12.3. The molecule has 3 aromatic rings. The predicted octanol–water partition coefficient (Wildman–Crippen LogP) is 5.46. The number of allylic oxidation sites excluding steroid dienone is 3. The highest BCUT2D eigenvalue weighted by Gasteiger charge is 2.48. The van der Waals surface area contributed by atoms with Gasteiger partial charge in [0.15, 0.2) is 12.1 Å². The van der Waals surface area contributed by atoms with Gasteiger partial charge >= 0.3 is 11.9 Å². The molecule has 8 bridgehead atoms. The van der Waals surface area contributed by atoms with Crippen molar-refractivity contribution in [2.24, 2.45) is 17.8 Å². The maximum absolute atomic E-state index is 14.0. The summed E-state index contributed by atoms with van der Waals surface area (Å²) in [6.45, 7) is 16.1. The molecule has 10 heteroatoms. The fourth-order valence-corrected chi connectivity index (χ4v) is 7.60. The maximum atomic E-state index is 14.0. The second-order valence-electron chi connectivity index (χ2n) is 13.4. The fraction of sp³-hybridized carbons (Fsp3) is 0.350. The predicted molar refractivity (Wildman–Crippen MR) is 193 cm³/mol. The number of hydrogen-bond acceptors (Lipinski definition) is 6. The minimum absolute atomic E-state index is 0.121. The third-order valence-corrected chi connectivity index (χ3v) is 10.7. The van der Waals surface area contributed by atoms with Crippen LogP contribution in [0.4, 0.5) is 0 Å². The van der Waals surface area contributed by atoms with Crippen molar-refractivity contribution in [3.8, 4) is 0 Å². The minimum atomic E-state index is -1.42. The second-order valence-corrected chi connectivity index (χ2v) is 13.4. The number of carbonyl (C=O) groups excluding carboxylic acids is 3. The molecule has 6 rings (SSSR count). The summed E-state index contributed by atoms with van der Waals surface area (Å²) in [5.41, 5.74) is 9.78. The number of carbonyl (C=O) groups is 4. The summed E-state index contributed by atoms with van der Waals surface area (Å²) in [5, 5.41) is 15.4. The lowest BCUT2D eigenvalue weighted by Gasteiger charge is -2.19. The van der Waals surface area contributed by atoms with Crippen LogP contribution in [0.2, 0.25) is 0 Å². The number of nitrogens with one attached hydrogen (secondary N) is 4. The Morgan fingerprint density at radius 1 is 1.00 bits per heavy atom. The number of aldehydes is 1. The average molecular weight is 677 g/mol. The number of aromatic nitrogens is 3. The van der Waals surface area contributed by atoms with Crippen LogP contribution in [0.25, 0.3) is 29.9 Å². The lowest BCUT2D eigenvalue weighted by molar-refractivity contribution is -0.143. The summed E-state index contributed by atoms with van der Waals surface area (Å²) in [4.78, 5) is 62.6. The van der Waals surface area contributed by atoms with Crippen LogP contribution in [0.15, 0.2) is 29.6 Å². The molecule has 0 spiro atoms. The van der Waals surface area contributed by atoms with E-state index in [-0.39, 0.29) is 30.8 Å². The monoisotopic (exact) mass is 676 g/mol. The molecular formula is C40H44N4O6. The molecule has 3 aliphatic rings. The zero-order valence-electron chi connectivity index (χ0n) is 29.4. The molecule has 0 amide bonds. The number of ketones is 1. The van der Waals surface area contributed by atoms with Gasteiger partial charge < -0.3 is 30.1 Å². The number of hydrogen-bond donors (Lipinski definition) is 5. The average Bonchev–Trinajstić information content (AvgIpc) is 3.83. The quantitative estimate of drug-likeness (QED) is 0.0826. The van der Waals surface area contributed by atoms with Gasteiger partial charge in [-0.25, -0.2) is 0 Å². The fourth-order valence-electron chi connectivity index (χ4n) is 7.60. The Balaban J connectivity index is 1.60. The van der Waals surface area contributed by atoms with E-state index >= 15 is 0 Å². The Morgan fingerprint density at radius 2 is 1.72 bits per heavy atom. The van der Waals surface area contributed by atoms with Crippen LogP contribution < -0.4 is 16.0 Å². The van der Waals surface area contributed by atoms with Gasteiger partial charge in [-0.3, -0.25) is 19.2 Å². The highest BCUT2D eigenvalue weighted by molar-refractivity contribution is 6.24. The molecule has 0 radical (unpaired) electrons. The van der Waals surface area contributed by atoms with Gasteiger partial charge in [0, 0.05) is 74.3 Å². The van der Waals surface area contributed by atoms with Crippen molar-refractivity contribution in [2.45, 2.75) is 67.2 Å². The van der Waals surface area contributed by atoms with Crippen molar-refractivity contribution >= 4 is 53.9 Å². The van der Waals surface area contributed by atoms with Gasteiger partial charge in [0.2, 0.25) is 0 Å². The third kappa shape index (κ3) is 5.72. The molecular weight excluding hydrogens is 632 g/mol. The van der Waals surface area contributed by atoms with Crippen LogP contribution in [0.3, 0.4) is 0 Å². The molecule has 260 valence electrons. The molecule has 0 unspecified atom stereocenters. The van der Waals surface area contributed by atoms with Crippen molar-refractivity contribution in [1.29, 1.82) is 0 Å². The molecule has 5 N–H and O–H groups in total. The molecule has 1 saturated heterocycles. The number of fused-ring (bicyclic) bond motifs is 7. The smallest absolute Gasteiger partial charge is 0.319 e. The lowest BCUT2D eigenvalue weighted by atomic mass is 9.85. The van der Waals surface area contributed by atoms with E-state index in [2.05, 4.69) is 26.8 Å². The van der Waals surface area contributed by atoms with Gasteiger partial charge in [-0.2, -0.15) is 0 Å². The van der Waals surface area contributed by atoms with E-state index in [0.717, 1.165) is 52.1 Å². The number of esters is 1. The van der Waals surface area contributed by atoms with E-state index in [1.165, 1.54) is 0 Å². The molecule has 3 atom stereocenters. The molecule has 1 fully saturated rings. The Bertz CT molecular complexity index is 2180. The van der Waals surface area contributed by atoms with Gasteiger partial charge in [0.05, 0.1) is 11.0 Å². The molecule has 0 saturated carbocycles. The van der Waals surface area contributed by atoms with E-state index < -0.39 is 17.7 Å². The molecule has 1 aliphatic carbocycles. The molecule has 5 heterocycles. The first kappa shape index (κ1) is 34.5. The van der Waals surface area contributed by atoms with Crippen molar-refractivity contribution in [1.82, 2.24) is 20.3 Å². The Hall–Kier alpha value is -5.38. The first-order chi connectivity index (χ1) is 23.9. The first-order valence-corrected chi connectivity index (χ1v) is 17.2. The van der Waals surface area contributed by atoms with E-state index in [1.54, 1.807) is 13.0 Å². The number of ether oxygens (including phenoxy) is 1. The van der Waals surface area contributed by atoms with Crippen LogP contribution in [0, 0.1) is 31.6 Å². The number of rotatable bonds is 10. The normalized spacial score (nSPS) is 23.3. The number of aliphatic carboxylic acids is 1. The number of carboxylic acids is 1.